The third kappa shape index (κ3) is 11.8. The summed E-state index contributed by atoms with van der Waals surface area (Å²) >= 11 is 6.53. The molecule has 0 aliphatic rings. The summed E-state index contributed by atoms with van der Waals surface area (Å²) in [5, 5.41) is -0.0281. The van der Waals surface area contributed by atoms with Gasteiger partial charge >= 0.3 is 5.97 Å². The Kier molecular flexibility index (Phi) is 12.9. The monoisotopic (exact) mass is 428 g/mol. The third-order valence-electron chi connectivity index (χ3n) is 4.94. The third-order valence-corrected chi connectivity index (χ3v) is 5.47. The van der Waals surface area contributed by atoms with Gasteiger partial charge in [0.15, 0.2) is 0 Å². The van der Waals surface area contributed by atoms with Crippen LogP contribution in [-0.4, -0.2) is 18.0 Å². The molecule has 0 radical (unpaired) electrons. The summed E-state index contributed by atoms with van der Waals surface area (Å²) in [6, 6.07) is 9.03. The first-order chi connectivity index (χ1) is 14.3. The number of esters is 1. The van der Waals surface area contributed by atoms with Gasteiger partial charge in [-0.25, -0.2) is 4.79 Å². The number of benzene rings is 1. The van der Waals surface area contributed by atoms with Crippen molar-refractivity contribution >= 4 is 17.6 Å². The Morgan fingerprint density at radius 3 is 2.27 bits per heavy atom. The first-order valence-electron chi connectivity index (χ1n) is 10.8. The Morgan fingerprint density at radius 1 is 0.967 bits per heavy atom. The van der Waals surface area contributed by atoms with Crippen LogP contribution in [0.2, 0.25) is 0 Å². The van der Waals surface area contributed by atoms with E-state index in [0.29, 0.717) is 5.56 Å². The van der Waals surface area contributed by atoms with E-state index in [1.807, 2.05) is 31.2 Å². The second-order valence-electron chi connectivity index (χ2n) is 8.09. The molecule has 0 amide bonds. The summed E-state index contributed by atoms with van der Waals surface area (Å²) in [6.07, 6.45) is 12.4. The van der Waals surface area contributed by atoms with Crippen LogP contribution in [0.5, 0.6) is 0 Å². The number of hydrogen-bond acceptors (Lipinski definition) is 2. The minimum absolute atomic E-state index is 0.0281. The van der Waals surface area contributed by atoms with Crippen molar-refractivity contribution in [3.05, 3.63) is 83.0 Å². The average Bonchev–Trinajstić information content (AvgIpc) is 2.72. The molecule has 164 valence electrons. The normalized spacial score (nSPS) is 13.0. The summed E-state index contributed by atoms with van der Waals surface area (Å²) in [6.45, 7) is 13.0. The quantitative estimate of drug-likeness (QED) is 0.180. The van der Waals surface area contributed by atoms with E-state index in [1.54, 1.807) is 12.1 Å². The molecule has 0 aliphatic heterocycles. The minimum atomic E-state index is -0.299. The molecule has 0 aromatic heterocycles. The number of allylic oxidation sites excluding steroid dienone is 6. The van der Waals surface area contributed by atoms with E-state index in [-0.39, 0.29) is 18.0 Å². The number of hydrogen-bond donors (Lipinski definition) is 0. The van der Waals surface area contributed by atoms with Crippen LogP contribution in [0.4, 0.5) is 0 Å². The number of alkyl halides is 1. The molecule has 0 fully saturated rings. The Bertz CT molecular complexity index is 752. The van der Waals surface area contributed by atoms with Crippen molar-refractivity contribution in [1.29, 1.82) is 0 Å². The van der Waals surface area contributed by atoms with Gasteiger partial charge in [0.2, 0.25) is 0 Å². The topological polar surface area (TPSA) is 26.3 Å². The maximum Gasteiger partial charge on any atom is 0.338 e. The number of rotatable bonds is 13. The number of carbonyl (C=O) groups is 1. The Labute approximate surface area is 188 Å². The van der Waals surface area contributed by atoms with Gasteiger partial charge in [0.25, 0.3) is 0 Å². The molecule has 0 N–H and O–H groups in total. The summed E-state index contributed by atoms with van der Waals surface area (Å²) in [5.41, 5.74) is 5.63. The lowest BCUT2D eigenvalue weighted by Gasteiger charge is -2.12. The molecule has 1 unspecified atom stereocenters. The van der Waals surface area contributed by atoms with Gasteiger partial charge in [0.05, 0.1) is 10.9 Å². The number of ether oxygens (including phenoxy) is 1. The average molecular weight is 429 g/mol. The van der Waals surface area contributed by atoms with E-state index in [2.05, 4.69) is 39.5 Å². The molecule has 1 aromatic rings. The van der Waals surface area contributed by atoms with Gasteiger partial charge in [0, 0.05) is 0 Å². The molecule has 1 aromatic carbocycles. The van der Waals surface area contributed by atoms with Crippen molar-refractivity contribution in [2.75, 3.05) is 6.61 Å². The maximum atomic E-state index is 11.9. The van der Waals surface area contributed by atoms with Crippen molar-refractivity contribution in [1.82, 2.24) is 0 Å². The predicted octanol–water partition coefficient (Wildman–Crippen LogP) is 8.21. The smallest absolute Gasteiger partial charge is 0.338 e. The van der Waals surface area contributed by atoms with Gasteiger partial charge in [-0.15, -0.1) is 11.6 Å². The fourth-order valence-corrected chi connectivity index (χ4v) is 3.15. The van der Waals surface area contributed by atoms with Gasteiger partial charge in [0.1, 0.15) is 6.61 Å². The molecule has 0 bridgehead atoms. The lowest BCUT2D eigenvalue weighted by atomic mass is 10.0. The second-order valence-corrected chi connectivity index (χ2v) is 8.62. The number of halogens is 1. The van der Waals surface area contributed by atoms with Gasteiger partial charge in [-0.2, -0.15) is 0 Å². The highest BCUT2D eigenvalue weighted by Gasteiger charge is 2.09. The lowest BCUT2D eigenvalue weighted by Crippen LogP contribution is -2.05. The van der Waals surface area contributed by atoms with E-state index >= 15 is 0 Å². The molecule has 1 atom stereocenters. The Balaban J connectivity index is 2.27. The fraction of sp³-hybridized carbons (Fsp3) is 0.444. The van der Waals surface area contributed by atoms with Crippen molar-refractivity contribution < 1.29 is 9.53 Å². The SMILES string of the molecule is C=C(CC/C=C(\C)CCC=C(C)C)C(Cl)CC/C(C)=C/COC(=O)c1ccccc1. The summed E-state index contributed by atoms with van der Waals surface area (Å²) in [4.78, 5) is 11.9. The van der Waals surface area contributed by atoms with Crippen LogP contribution in [0.1, 0.15) is 76.6 Å². The molecule has 1 rings (SSSR count). The van der Waals surface area contributed by atoms with Gasteiger partial charge < -0.3 is 4.74 Å². The highest BCUT2D eigenvalue weighted by Crippen LogP contribution is 2.22. The van der Waals surface area contributed by atoms with Crippen molar-refractivity contribution in [2.45, 2.75) is 71.6 Å². The van der Waals surface area contributed by atoms with Crippen molar-refractivity contribution in [3.63, 3.8) is 0 Å². The maximum absolute atomic E-state index is 11.9. The van der Waals surface area contributed by atoms with Gasteiger partial charge in [-0.1, -0.05) is 59.2 Å². The minimum Gasteiger partial charge on any atom is -0.458 e. The van der Waals surface area contributed by atoms with Gasteiger partial charge in [-0.05, 0) is 84.4 Å². The van der Waals surface area contributed by atoms with Crippen LogP contribution in [0.25, 0.3) is 0 Å². The lowest BCUT2D eigenvalue weighted by molar-refractivity contribution is 0.0549. The zero-order valence-electron chi connectivity index (χ0n) is 19.0. The standard InChI is InChI=1S/C27H37ClO2/c1-21(2)11-9-12-22(3)13-10-14-24(5)26(28)18-17-23(4)19-20-30-27(29)25-15-7-6-8-16-25/h6-8,11,13,15-16,19,26H,5,9-10,12,14,17-18,20H2,1-4H3/b22-13+,23-19+. The van der Waals surface area contributed by atoms with Gasteiger partial charge in [-0.3, -0.25) is 0 Å². The highest BCUT2D eigenvalue weighted by atomic mass is 35.5. The molecular weight excluding hydrogens is 392 g/mol. The summed E-state index contributed by atoms with van der Waals surface area (Å²) < 4.78 is 5.29. The molecule has 0 spiro atoms. The largest absolute Gasteiger partial charge is 0.458 e. The molecule has 0 saturated carbocycles. The zero-order chi connectivity index (χ0) is 22.4. The Hall–Kier alpha value is -2.06. The van der Waals surface area contributed by atoms with Crippen LogP contribution >= 0.6 is 11.6 Å². The van der Waals surface area contributed by atoms with Crippen molar-refractivity contribution in [2.24, 2.45) is 0 Å². The van der Waals surface area contributed by atoms with E-state index in [1.165, 1.54) is 16.7 Å². The van der Waals surface area contributed by atoms with E-state index in [0.717, 1.165) is 44.1 Å². The van der Waals surface area contributed by atoms with E-state index in [9.17, 15) is 4.79 Å². The van der Waals surface area contributed by atoms with Crippen LogP contribution in [0.15, 0.2) is 77.4 Å². The molecule has 0 saturated heterocycles. The first kappa shape index (κ1) is 26.0. The van der Waals surface area contributed by atoms with Crippen LogP contribution < -0.4 is 0 Å². The van der Waals surface area contributed by atoms with E-state index < -0.39 is 0 Å². The molecule has 30 heavy (non-hydrogen) atoms. The van der Waals surface area contributed by atoms with Crippen molar-refractivity contribution in [3.8, 4) is 0 Å². The molecule has 3 heteroatoms. The van der Waals surface area contributed by atoms with Crippen LogP contribution in [-0.2, 0) is 4.74 Å². The molecule has 0 heterocycles. The number of carbonyl (C=O) groups excluding carboxylic acids is 1. The van der Waals surface area contributed by atoms with E-state index in [4.69, 9.17) is 16.3 Å². The Morgan fingerprint density at radius 2 is 1.60 bits per heavy atom. The summed E-state index contributed by atoms with van der Waals surface area (Å²) in [5.74, 6) is -0.299. The van der Waals surface area contributed by atoms with Crippen LogP contribution in [0.3, 0.4) is 0 Å². The summed E-state index contributed by atoms with van der Waals surface area (Å²) in [7, 11) is 0. The second kappa shape index (κ2) is 14.8. The predicted molar refractivity (Wildman–Crippen MR) is 130 cm³/mol. The molecule has 0 aliphatic carbocycles. The highest BCUT2D eigenvalue weighted by molar-refractivity contribution is 6.22. The first-order valence-corrected chi connectivity index (χ1v) is 11.2. The molecule has 2 nitrogen and oxygen atoms in total. The zero-order valence-corrected chi connectivity index (χ0v) is 19.8. The van der Waals surface area contributed by atoms with Crippen LogP contribution in [0, 0.1) is 0 Å². The fourth-order valence-electron chi connectivity index (χ4n) is 2.93. The molecular formula is C27H37ClO2.